The lowest BCUT2D eigenvalue weighted by Crippen LogP contribution is -2.07. The van der Waals surface area contributed by atoms with Crippen LogP contribution in [-0.4, -0.2) is 19.3 Å². The van der Waals surface area contributed by atoms with Gasteiger partial charge in [0.15, 0.2) is 0 Å². The van der Waals surface area contributed by atoms with E-state index in [1.54, 1.807) is 0 Å². The Morgan fingerprint density at radius 2 is 2.11 bits per heavy atom. The first-order chi connectivity index (χ1) is 3.89. The second-order valence-corrected chi connectivity index (χ2v) is 2.77. The van der Waals surface area contributed by atoms with Gasteiger partial charge in [-0.05, 0) is 12.3 Å². The minimum absolute atomic E-state index is 0. The van der Waals surface area contributed by atoms with Gasteiger partial charge in [-0.3, -0.25) is 0 Å². The van der Waals surface area contributed by atoms with Crippen molar-refractivity contribution in [2.24, 2.45) is 17.6 Å². The summed E-state index contributed by atoms with van der Waals surface area (Å²) in [6.45, 7) is 1.86. The molecule has 2 aliphatic rings. The van der Waals surface area contributed by atoms with E-state index >= 15 is 0 Å². The minimum atomic E-state index is 0. The van der Waals surface area contributed by atoms with E-state index in [9.17, 15) is 0 Å². The Hall–Kier alpha value is 0.210. The Bertz CT molecular complexity index is 97.2. The topological polar surface area (TPSA) is 35.2 Å². The second kappa shape index (κ2) is 2.45. The summed E-state index contributed by atoms with van der Waals surface area (Å²) in [4.78, 5) is 0. The molecule has 1 aliphatic carbocycles. The third-order valence-electron chi connectivity index (χ3n) is 2.30. The van der Waals surface area contributed by atoms with Gasteiger partial charge in [0.25, 0.3) is 0 Å². The van der Waals surface area contributed by atoms with Gasteiger partial charge in [0.05, 0.1) is 6.61 Å². The van der Waals surface area contributed by atoms with Crippen molar-refractivity contribution in [3.63, 3.8) is 0 Å². The molecule has 3 unspecified atom stereocenters. The standard InChI is InChI=1S/C6H11NO.ClH/c7-6-4-1-2-8-3-5(4)6;/h4-6H,1-3,7H2;1H. The van der Waals surface area contributed by atoms with Crippen LogP contribution < -0.4 is 5.73 Å². The summed E-state index contributed by atoms with van der Waals surface area (Å²) in [5, 5.41) is 0. The van der Waals surface area contributed by atoms with Crippen molar-refractivity contribution in [1.29, 1.82) is 0 Å². The van der Waals surface area contributed by atoms with Crippen molar-refractivity contribution < 1.29 is 4.74 Å². The van der Waals surface area contributed by atoms with Crippen LogP contribution in [0.1, 0.15) is 6.42 Å². The Labute approximate surface area is 61.2 Å². The number of nitrogens with two attached hydrogens (primary N) is 1. The summed E-state index contributed by atoms with van der Waals surface area (Å²) in [5.41, 5.74) is 5.69. The van der Waals surface area contributed by atoms with E-state index in [4.69, 9.17) is 10.5 Å². The maximum atomic E-state index is 5.69. The first-order valence-electron chi connectivity index (χ1n) is 3.23. The number of rotatable bonds is 0. The maximum absolute atomic E-state index is 5.69. The maximum Gasteiger partial charge on any atom is 0.0512 e. The zero-order chi connectivity index (χ0) is 5.56. The molecule has 0 aromatic rings. The molecule has 3 atom stereocenters. The van der Waals surface area contributed by atoms with Gasteiger partial charge < -0.3 is 10.5 Å². The molecule has 0 radical (unpaired) electrons. The summed E-state index contributed by atoms with van der Waals surface area (Å²) in [7, 11) is 0. The van der Waals surface area contributed by atoms with Gasteiger partial charge in [-0.2, -0.15) is 0 Å². The van der Waals surface area contributed by atoms with Gasteiger partial charge >= 0.3 is 0 Å². The Morgan fingerprint density at radius 3 is 2.56 bits per heavy atom. The van der Waals surface area contributed by atoms with Crippen LogP contribution in [0.2, 0.25) is 0 Å². The molecule has 2 nitrogen and oxygen atoms in total. The summed E-state index contributed by atoms with van der Waals surface area (Å²) in [5.74, 6) is 1.55. The normalized spacial score (nSPS) is 47.0. The van der Waals surface area contributed by atoms with E-state index in [0.717, 1.165) is 25.0 Å². The molecule has 1 saturated carbocycles. The zero-order valence-electron chi connectivity index (χ0n) is 5.25. The molecular formula is C6H12ClNO. The predicted molar refractivity (Wildman–Crippen MR) is 37.6 cm³/mol. The highest BCUT2D eigenvalue weighted by atomic mass is 35.5. The average Bonchev–Trinajstić information content (AvgIpc) is 2.46. The fraction of sp³-hybridized carbons (Fsp3) is 1.00. The molecule has 0 aromatic heterocycles. The number of halogens is 1. The molecule has 1 saturated heterocycles. The van der Waals surface area contributed by atoms with Crippen molar-refractivity contribution >= 4 is 12.4 Å². The molecule has 2 fully saturated rings. The molecule has 3 heteroatoms. The van der Waals surface area contributed by atoms with E-state index < -0.39 is 0 Å². The molecule has 0 spiro atoms. The van der Waals surface area contributed by atoms with Crippen molar-refractivity contribution in [3.8, 4) is 0 Å². The number of fused-ring (bicyclic) bond motifs is 1. The molecule has 0 bridgehead atoms. The fourth-order valence-corrected chi connectivity index (χ4v) is 1.55. The van der Waals surface area contributed by atoms with E-state index in [1.165, 1.54) is 6.42 Å². The third kappa shape index (κ3) is 1.07. The summed E-state index contributed by atoms with van der Waals surface area (Å²) >= 11 is 0. The van der Waals surface area contributed by atoms with E-state index in [0.29, 0.717) is 6.04 Å². The number of hydrogen-bond donors (Lipinski definition) is 1. The molecule has 9 heavy (non-hydrogen) atoms. The summed E-state index contributed by atoms with van der Waals surface area (Å²) in [6.07, 6.45) is 1.20. The van der Waals surface area contributed by atoms with Crippen LogP contribution in [0.4, 0.5) is 0 Å². The van der Waals surface area contributed by atoms with E-state index in [-0.39, 0.29) is 12.4 Å². The quantitative estimate of drug-likeness (QED) is 0.541. The van der Waals surface area contributed by atoms with E-state index in [2.05, 4.69) is 0 Å². The monoisotopic (exact) mass is 149 g/mol. The van der Waals surface area contributed by atoms with Crippen LogP contribution in [0.5, 0.6) is 0 Å². The SMILES string of the molecule is Cl.NC1C2CCOCC12. The lowest BCUT2D eigenvalue weighted by molar-refractivity contribution is 0.0888. The van der Waals surface area contributed by atoms with Gasteiger partial charge in [0.2, 0.25) is 0 Å². The van der Waals surface area contributed by atoms with Crippen LogP contribution in [0.25, 0.3) is 0 Å². The first kappa shape index (κ1) is 7.32. The Balaban J connectivity index is 0.000000405. The molecular weight excluding hydrogens is 138 g/mol. The van der Waals surface area contributed by atoms with Crippen molar-refractivity contribution in [3.05, 3.63) is 0 Å². The fourth-order valence-electron chi connectivity index (χ4n) is 1.55. The van der Waals surface area contributed by atoms with Crippen LogP contribution in [-0.2, 0) is 4.74 Å². The number of hydrogen-bond acceptors (Lipinski definition) is 2. The highest BCUT2D eigenvalue weighted by Gasteiger charge is 2.48. The average molecular weight is 150 g/mol. The Morgan fingerprint density at radius 1 is 1.33 bits per heavy atom. The third-order valence-corrected chi connectivity index (χ3v) is 2.30. The predicted octanol–water partition coefficient (Wildman–Crippen LogP) is 0.402. The summed E-state index contributed by atoms with van der Waals surface area (Å²) in [6, 6.07) is 0.484. The van der Waals surface area contributed by atoms with Crippen molar-refractivity contribution in [2.45, 2.75) is 12.5 Å². The van der Waals surface area contributed by atoms with Gasteiger partial charge in [-0.1, -0.05) is 0 Å². The zero-order valence-corrected chi connectivity index (χ0v) is 6.06. The molecule has 2 N–H and O–H groups in total. The molecule has 0 aromatic carbocycles. The Kier molecular flexibility index (Phi) is 1.99. The van der Waals surface area contributed by atoms with Gasteiger partial charge in [0.1, 0.15) is 0 Å². The molecule has 2 rings (SSSR count). The smallest absolute Gasteiger partial charge is 0.0512 e. The van der Waals surface area contributed by atoms with E-state index in [1.807, 2.05) is 0 Å². The van der Waals surface area contributed by atoms with Gasteiger partial charge in [-0.25, -0.2) is 0 Å². The van der Waals surface area contributed by atoms with Gasteiger partial charge in [0, 0.05) is 18.6 Å². The van der Waals surface area contributed by atoms with Crippen LogP contribution >= 0.6 is 12.4 Å². The van der Waals surface area contributed by atoms with Gasteiger partial charge in [-0.15, -0.1) is 12.4 Å². The molecule has 54 valence electrons. The highest BCUT2D eigenvalue weighted by molar-refractivity contribution is 5.85. The second-order valence-electron chi connectivity index (χ2n) is 2.77. The molecule has 1 heterocycles. The summed E-state index contributed by atoms with van der Waals surface area (Å²) < 4.78 is 5.21. The molecule has 1 aliphatic heterocycles. The lowest BCUT2D eigenvalue weighted by Gasteiger charge is -2.06. The molecule has 0 amide bonds. The van der Waals surface area contributed by atoms with Crippen molar-refractivity contribution in [1.82, 2.24) is 0 Å². The highest BCUT2D eigenvalue weighted by Crippen LogP contribution is 2.42. The van der Waals surface area contributed by atoms with Crippen molar-refractivity contribution in [2.75, 3.05) is 13.2 Å². The first-order valence-corrected chi connectivity index (χ1v) is 3.23. The minimum Gasteiger partial charge on any atom is -0.381 e. The largest absolute Gasteiger partial charge is 0.381 e. The lowest BCUT2D eigenvalue weighted by atomic mass is 10.2. The van der Waals surface area contributed by atoms with Crippen LogP contribution in [0.15, 0.2) is 0 Å². The van der Waals surface area contributed by atoms with Crippen LogP contribution in [0, 0.1) is 11.8 Å². The van der Waals surface area contributed by atoms with Crippen LogP contribution in [0.3, 0.4) is 0 Å². The number of ether oxygens (including phenoxy) is 1.